The highest BCUT2D eigenvalue weighted by atomic mass is 32.2. The number of nitrogens with zero attached hydrogens (tertiary/aromatic N) is 1. The molecule has 0 heterocycles. The van der Waals surface area contributed by atoms with Gasteiger partial charge in [0, 0.05) is 6.54 Å². The Labute approximate surface area is 159 Å². The lowest BCUT2D eigenvalue weighted by Gasteiger charge is -2.22. The fraction of sp³-hybridized carbons (Fsp3) is 0.316. The third-order valence-electron chi connectivity index (χ3n) is 3.95. The number of anilines is 1. The van der Waals surface area contributed by atoms with Crippen LogP contribution in [0, 0.1) is 5.82 Å². The van der Waals surface area contributed by atoms with Gasteiger partial charge in [-0.05, 0) is 36.6 Å². The number of benzene rings is 2. The molecule has 0 aliphatic rings. The summed E-state index contributed by atoms with van der Waals surface area (Å²) >= 11 is 0. The second-order valence-corrected chi connectivity index (χ2v) is 7.89. The van der Waals surface area contributed by atoms with Crippen molar-refractivity contribution in [2.45, 2.75) is 12.8 Å². The van der Waals surface area contributed by atoms with Crippen molar-refractivity contribution in [3.8, 4) is 5.75 Å². The lowest BCUT2D eigenvalue weighted by molar-refractivity contribution is -0.119. The Morgan fingerprint density at radius 1 is 1.15 bits per heavy atom. The van der Waals surface area contributed by atoms with Crippen LogP contribution in [0.5, 0.6) is 5.75 Å². The Bertz CT molecular complexity index is 887. The summed E-state index contributed by atoms with van der Waals surface area (Å²) in [6, 6.07) is 13.1. The van der Waals surface area contributed by atoms with Crippen LogP contribution in [-0.4, -0.2) is 40.8 Å². The smallest absolute Gasteiger partial charge is 0.240 e. The van der Waals surface area contributed by atoms with Gasteiger partial charge in [0.15, 0.2) is 0 Å². The average Bonchev–Trinajstić information content (AvgIpc) is 2.63. The van der Waals surface area contributed by atoms with Crippen LogP contribution < -0.4 is 14.4 Å². The Morgan fingerprint density at radius 2 is 1.81 bits per heavy atom. The normalized spacial score (nSPS) is 11.1. The first-order valence-electron chi connectivity index (χ1n) is 8.43. The average molecular weight is 394 g/mol. The largest absolute Gasteiger partial charge is 0.496 e. The van der Waals surface area contributed by atoms with E-state index in [1.165, 1.54) is 18.2 Å². The number of carbonyl (C=O) groups is 1. The van der Waals surface area contributed by atoms with Gasteiger partial charge in [-0.25, -0.2) is 12.8 Å². The van der Waals surface area contributed by atoms with Crippen LogP contribution in [0.25, 0.3) is 0 Å². The zero-order valence-corrected chi connectivity index (χ0v) is 16.1. The van der Waals surface area contributed by atoms with E-state index in [9.17, 15) is 17.6 Å². The van der Waals surface area contributed by atoms with E-state index in [-0.39, 0.29) is 5.69 Å². The summed E-state index contributed by atoms with van der Waals surface area (Å²) in [6.07, 6.45) is 2.30. The lowest BCUT2D eigenvalue weighted by atomic mass is 10.1. The highest BCUT2D eigenvalue weighted by molar-refractivity contribution is 7.92. The van der Waals surface area contributed by atoms with Gasteiger partial charge < -0.3 is 10.1 Å². The van der Waals surface area contributed by atoms with Crippen LogP contribution in [0.2, 0.25) is 0 Å². The van der Waals surface area contributed by atoms with Crippen LogP contribution in [0.4, 0.5) is 10.1 Å². The van der Waals surface area contributed by atoms with Gasteiger partial charge in [-0.1, -0.05) is 30.3 Å². The highest BCUT2D eigenvalue weighted by Gasteiger charge is 2.23. The van der Waals surface area contributed by atoms with Gasteiger partial charge in [0.05, 0.1) is 19.1 Å². The second-order valence-electron chi connectivity index (χ2n) is 5.99. The number of hydrogen-bond donors (Lipinski definition) is 1. The quantitative estimate of drug-likeness (QED) is 0.663. The molecule has 0 unspecified atom stereocenters. The van der Waals surface area contributed by atoms with Crippen molar-refractivity contribution in [2.75, 3.05) is 30.8 Å². The Hall–Kier alpha value is -2.61. The summed E-state index contributed by atoms with van der Waals surface area (Å²) < 4.78 is 43.9. The number of rotatable bonds is 9. The maximum atomic E-state index is 13.9. The predicted octanol–water partition coefficient (Wildman–Crippen LogP) is 2.35. The SMILES string of the molecule is COc1ccccc1CCCNC(=O)CN(c1ccccc1F)S(C)(=O)=O. The van der Waals surface area contributed by atoms with Crippen molar-refractivity contribution >= 4 is 21.6 Å². The predicted molar refractivity (Wildman–Crippen MR) is 103 cm³/mol. The molecule has 0 aliphatic heterocycles. The Kier molecular flexibility index (Phi) is 7.18. The molecule has 0 atom stereocenters. The Balaban J connectivity index is 1.92. The number of amides is 1. The van der Waals surface area contributed by atoms with Crippen LogP contribution >= 0.6 is 0 Å². The summed E-state index contributed by atoms with van der Waals surface area (Å²) in [5, 5.41) is 2.67. The van der Waals surface area contributed by atoms with E-state index in [0.29, 0.717) is 19.4 Å². The van der Waals surface area contributed by atoms with Crippen molar-refractivity contribution in [1.29, 1.82) is 0 Å². The number of sulfonamides is 1. The summed E-state index contributed by atoms with van der Waals surface area (Å²) in [6.45, 7) is -0.111. The first kappa shape index (κ1) is 20.7. The number of hydrogen-bond acceptors (Lipinski definition) is 4. The van der Waals surface area contributed by atoms with E-state index >= 15 is 0 Å². The van der Waals surface area contributed by atoms with Crippen LogP contribution in [0.3, 0.4) is 0 Å². The number of nitrogens with one attached hydrogen (secondary N) is 1. The summed E-state index contributed by atoms with van der Waals surface area (Å²) in [5.41, 5.74) is 0.877. The lowest BCUT2D eigenvalue weighted by Crippen LogP contribution is -2.41. The fourth-order valence-corrected chi connectivity index (χ4v) is 3.49. The maximum Gasteiger partial charge on any atom is 0.240 e. The zero-order chi connectivity index (χ0) is 19.9. The van der Waals surface area contributed by atoms with Gasteiger partial charge in [0.1, 0.15) is 18.1 Å². The van der Waals surface area contributed by atoms with E-state index in [0.717, 1.165) is 27.9 Å². The van der Waals surface area contributed by atoms with Gasteiger partial charge in [0.25, 0.3) is 0 Å². The number of ether oxygens (including phenoxy) is 1. The van der Waals surface area contributed by atoms with Crippen LogP contribution in [-0.2, 0) is 21.2 Å². The van der Waals surface area contributed by atoms with Gasteiger partial charge in [0.2, 0.25) is 15.9 Å². The molecule has 0 bridgehead atoms. The van der Waals surface area contributed by atoms with Gasteiger partial charge in [-0.15, -0.1) is 0 Å². The van der Waals surface area contributed by atoms with Crippen molar-refractivity contribution in [3.05, 3.63) is 59.9 Å². The highest BCUT2D eigenvalue weighted by Crippen LogP contribution is 2.21. The minimum Gasteiger partial charge on any atom is -0.496 e. The summed E-state index contributed by atoms with van der Waals surface area (Å²) in [7, 11) is -2.20. The minimum atomic E-state index is -3.80. The van der Waals surface area contributed by atoms with E-state index < -0.39 is 28.3 Å². The molecule has 2 aromatic carbocycles. The molecule has 0 saturated carbocycles. The monoisotopic (exact) mass is 394 g/mol. The van der Waals surface area contributed by atoms with Crippen molar-refractivity contribution in [1.82, 2.24) is 5.32 Å². The summed E-state index contributed by atoms with van der Waals surface area (Å²) in [4.78, 5) is 12.2. The zero-order valence-electron chi connectivity index (χ0n) is 15.3. The number of carbonyl (C=O) groups excluding carboxylic acids is 1. The molecule has 2 rings (SSSR count). The van der Waals surface area contributed by atoms with Gasteiger partial charge in [-0.2, -0.15) is 0 Å². The first-order valence-corrected chi connectivity index (χ1v) is 10.3. The number of methoxy groups -OCH3 is 1. The fourth-order valence-electron chi connectivity index (χ4n) is 2.64. The number of halogens is 1. The van der Waals surface area contributed by atoms with Gasteiger partial charge >= 0.3 is 0 Å². The molecule has 0 aliphatic carbocycles. The third-order valence-corrected chi connectivity index (χ3v) is 5.07. The number of aryl methyl sites for hydroxylation is 1. The first-order chi connectivity index (χ1) is 12.8. The Morgan fingerprint density at radius 3 is 2.48 bits per heavy atom. The van der Waals surface area contributed by atoms with Gasteiger partial charge in [-0.3, -0.25) is 9.10 Å². The molecule has 6 nitrogen and oxygen atoms in total. The summed E-state index contributed by atoms with van der Waals surface area (Å²) in [5.74, 6) is -0.415. The molecular weight excluding hydrogens is 371 g/mol. The van der Waals surface area contributed by atoms with Crippen LogP contribution in [0.15, 0.2) is 48.5 Å². The van der Waals surface area contributed by atoms with E-state index in [2.05, 4.69) is 5.32 Å². The maximum absolute atomic E-state index is 13.9. The second kappa shape index (κ2) is 9.36. The van der Waals surface area contributed by atoms with Crippen molar-refractivity contribution in [3.63, 3.8) is 0 Å². The van der Waals surface area contributed by atoms with Crippen LogP contribution in [0.1, 0.15) is 12.0 Å². The molecule has 146 valence electrons. The number of para-hydroxylation sites is 2. The minimum absolute atomic E-state index is 0.149. The topological polar surface area (TPSA) is 75.7 Å². The molecule has 1 N–H and O–H groups in total. The molecular formula is C19H23FN2O4S. The van der Waals surface area contributed by atoms with E-state index in [1.54, 1.807) is 7.11 Å². The van der Waals surface area contributed by atoms with E-state index in [4.69, 9.17) is 4.74 Å². The molecule has 8 heteroatoms. The van der Waals surface area contributed by atoms with Crippen molar-refractivity contribution < 1.29 is 22.3 Å². The molecule has 0 aromatic heterocycles. The van der Waals surface area contributed by atoms with Crippen molar-refractivity contribution in [2.24, 2.45) is 0 Å². The third kappa shape index (κ3) is 5.96. The molecule has 2 aromatic rings. The standard InChI is InChI=1S/C19H23FN2O4S/c1-26-18-12-6-3-8-15(18)9-7-13-21-19(23)14-22(27(2,24)25)17-11-5-4-10-16(17)20/h3-6,8,10-12H,7,9,13-14H2,1-2H3,(H,21,23). The molecule has 0 saturated heterocycles. The van der Waals surface area contributed by atoms with E-state index in [1.807, 2.05) is 24.3 Å². The molecule has 27 heavy (non-hydrogen) atoms. The molecule has 0 radical (unpaired) electrons. The molecule has 0 spiro atoms. The molecule has 1 amide bonds. The molecule has 0 fully saturated rings.